The van der Waals surface area contributed by atoms with Gasteiger partial charge in [0.2, 0.25) is 17.7 Å². The molecule has 5 rings (SSSR count). The van der Waals surface area contributed by atoms with Gasteiger partial charge in [-0.25, -0.2) is 0 Å². The van der Waals surface area contributed by atoms with E-state index in [9.17, 15) is 14.4 Å². The number of fused-ring (bicyclic) bond motifs is 1. The van der Waals surface area contributed by atoms with E-state index < -0.39 is 29.6 Å². The van der Waals surface area contributed by atoms with Crippen LogP contribution >= 0.6 is 23.2 Å². The number of likely N-dealkylation sites (tertiary alicyclic amines) is 1. The summed E-state index contributed by atoms with van der Waals surface area (Å²) in [5.41, 5.74) is -0.717. The number of amides is 3. The van der Waals surface area contributed by atoms with Gasteiger partial charge in [-0.3, -0.25) is 14.4 Å². The quantitative estimate of drug-likeness (QED) is 0.455. The maximum absolute atomic E-state index is 14.0. The topological polar surface area (TPSA) is 87.7 Å². The summed E-state index contributed by atoms with van der Waals surface area (Å²) in [6, 6.07) is 4.04. The van der Waals surface area contributed by atoms with E-state index in [-0.39, 0.29) is 23.8 Å². The summed E-state index contributed by atoms with van der Waals surface area (Å²) in [5.74, 6) is -1.07. The Labute approximate surface area is 234 Å². The molecule has 3 fully saturated rings. The van der Waals surface area contributed by atoms with Gasteiger partial charge in [0.15, 0.2) is 0 Å². The molecule has 2 bridgehead atoms. The molecule has 38 heavy (non-hydrogen) atoms. The van der Waals surface area contributed by atoms with Crippen molar-refractivity contribution in [3.63, 3.8) is 0 Å². The number of hydrogen-bond donors (Lipinski definition) is 2. The van der Waals surface area contributed by atoms with Crippen LogP contribution < -0.4 is 10.6 Å². The molecule has 0 aromatic heterocycles. The molecular weight excluding hydrogens is 525 g/mol. The van der Waals surface area contributed by atoms with Crippen LogP contribution in [0.4, 0.5) is 5.69 Å². The summed E-state index contributed by atoms with van der Waals surface area (Å²) in [7, 11) is 0. The smallest absolute Gasteiger partial charge is 0.246 e. The van der Waals surface area contributed by atoms with E-state index in [2.05, 4.69) is 38.3 Å². The Morgan fingerprint density at radius 2 is 1.84 bits per heavy atom. The number of nitrogens with one attached hydrogen (secondary N) is 2. The maximum atomic E-state index is 14.0. The van der Waals surface area contributed by atoms with Crippen LogP contribution in [0.3, 0.4) is 0 Å². The minimum atomic E-state index is -1.17. The third-order valence-corrected chi connectivity index (χ3v) is 9.47. The minimum absolute atomic E-state index is 0.0537. The number of nitrogens with zero attached hydrogens (tertiary/aromatic N) is 1. The molecule has 1 aromatic rings. The molecule has 3 heterocycles. The van der Waals surface area contributed by atoms with Crippen molar-refractivity contribution in [2.75, 3.05) is 11.9 Å². The third-order valence-electron chi connectivity index (χ3n) is 9.04. The Kier molecular flexibility index (Phi) is 7.57. The van der Waals surface area contributed by atoms with Crippen molar-refractivity contribution in [3.05, 3.63) is 40.4 Å². The predicted octanol–water partition coefficient (Wildman–Crippen LogP) is 5.07. The highest BCUT2D eigenvalue weighted by Gasteiger charge is 2.72. The second-order valence-corrected chi connectivity index (χ2v) is 12.8. The van der Waals surface area contributed by atoms with Crippen molar-refractivity contribution < 1.29 is 19.1 Å². The molecule has 9 heteroatoms. The van der Waals surface area contributed by atoms with Crippen LogP contribution in [0.15, 0.2) is 30.4 Å². The first-order valence-electron chi connectivity index (χ1n) is 13.8. The highest BCUT2D eigenvalue weighted by Crippen LogP contribution is 2.55. The molecule has 2 N–H and O–H groups in total. The van der Waals surface area contributed by atoms with E-state index in [0.29, 0.717) is 40.0 Å². The van der Waals surface area contributed by atoms with Crippen LogP contribution in [-0.4, -0.2) is 53.0 Å². The van der Waals surface area contributed by atoms with Gasteiger partial charge in [0.1, 0.15) is 11.6 Å². The van der Waals surface area contributed by atoms with E-state index in [1.165, 1.54) is 0 Å². The molecule has 1 spiro atoms. The van der Waals surface area contributed by atoms with Crippen molar-refractivity contribution in [2.24, 2.45) is 29.6 Å². The fraction of sp³-hybridized carbons (Fsp3) is 0.621. The Bertz CT molecular complexity index is 1140. The van der Waals surface area contributed by atoms with Gasteiger partial charge in [0.05, 0.1) is 17.9 Å². The average molecular weight is 563 g/mol. The zero-order valence-electron chi connectivity index (χ0n) is 22.4. The van der Waals surface area contributed by atoms with Gasteiger partial charge in [-0.05, 0) is 48.8 Å². The molecule has 7 nitrogen and oxygen atoms in total. The lowest BCUT2D eigenvalue weighted by Crippen LogP contribution is -2.58. The lowest BCUT2D eigenvalue weighted by Gasteiger charge is -2.38. The minimum Gasteiger partial charge on any atom is -0.359 e. The number of carbonyl (C=O) groups excluding carboxylic acids is 3. The molecule has 1 saturated carbocycles. The first-order valence-corrected chi connectivity index (χ1v) is 14.5. The fourth-order valence-electron chi connectivity index (χ4n) is 6.80. The van der Waals surface area contributed by atoms with E-state index in [1.807, 2.05) is 12.2 Å². The first-order chi connectivity index (χ1) is 18.0. The summed E-state index contributed by atoms with van der Waals surface area (Å²) in [6.45, 7) is 9.03. The summed E-state index contributed by atoms with van der Waals surface area (Å²) < 4.78 is 6.43. The van der Waals surface area contributed by atoms with Crippen molar-refractivity contribution in [1.29, 1.82) is 0 Å². The summed E-state index contributed by atoms with van der Waals surface area (Å²) in [6.07, 6.45) is 6.99. The zero-order chi connectivity index (χ0) is 27.4. The molecule has 3 amide bonds. The molecular formula is C29H37Cl2N3O4. The van der Waals surface area contributed by atoms with Crippen LogP contribution in [0.5, 0.6) is 0 Å². The third kappa shape index (κ3) is 4.75. The Hall–Kier alpha value is -2.09. The fourth-order valence-corrected chi connectivity index (χ4v) is 7.33. The molecule has 1 aliphatic carbocycles. The maximum Gasteiger partial charge on any atom is 0.246 e. The van der Waals surface area contributed by atoms with Gasteiger partial charge in [0, 0.05) is 28.3 Å². The van der Waals surface area contributed by atoms with Crippen molar-refractivity contribution in [3.8, 4) is 0 Å². The second-order valence-electron chi connectivity index (χ2n) is 11.9. The van der Waals surface area contributed by atoms with Crippen LogP contribution in [0, 0.1) is 29.6 Å². The number of benzene rings is 1. The van der Waals surface area contributed by atoms with Crippen molar-refractivity contribution in [2.45, 2.75) is 77.2 Å². The molecule has 4 aliphatic rings. The largest absolute Gasteiger partial charge is 0.359 e. The molecule has 3 aliphatic heterocycles. The van der Waals surface area contributed by atoms with Gasteiger partial charge >= 0.3 is 0 Å². The predicted molar refractivity (Wildman–Crippen MR) is 148 cm³/mol. The number of carbonyl (C=O) groups is 3. The molecule has 2 saturated heterocycles. The monoisotopic (exact) mass is 561 g/mol. The van der Waals surface area contributed by atoms with E-state index in [0.717, 1.165) is 25.7 Å². The number of hydrogen-bond acceptors (Lipinski definition) is 4. The van der Waals surface area contributed by atoms with E-state index in [4.69, 9.17) is 27.9 Å². The summed E-state index contributed by atoms with van der Waals surface area (Å²) in [4.78, 5) is 43.2. The van der Waals surface area contributed by atoms with Crippen LogP contribution in [0.2, 0.25) is 10.0 Å². The molecule has 206 valence electrons. The molecule has 0 radical (unpaired) electrons. The number of anilines is 1. The van der Waals surface area contributed by atoms with Crippen LogP contribution in [-0.2, 0) is 19.1 Å². The van der Waals surface area contributed by atoms with Gasteiger partial charge in [0.25, 0.3) is 0 Å². The van der Waals surface area contributed by atoms with Gasteiger partial charge in [-0.1, -0.05) is 75.9 Å². The van der Waals surface area contributed by atoms with Crippen molar-refractivity contribution in [1.82, 2.24) is 10.2 Å². The standard InChI is InChI=1S/C29H37Cl2N3O4/c1-15(2)9-11-34-25(27(36)33-21-7-5-6-16(3)17(21)4)29-10-8-22(38-29)23(24(29)28(34)37)26(35)32-20-13-18(30)12-19(31)14-20/h8,10,12-17,21-25H,5-7,9,11H2,1-4H3,(H,32,35)(H,33,36)/t16?,17?,21?,22-,23?,24-,25?,29?/m0/s1. The van der Waals surface area contributed by atoms with Gasteiger partial charge < -0.3 is 20.3 Å². The Morgan fingerprint density at radius 3 is 2.53 bits per heavy atom. The molecule has 8 atom stereocenters. The zero-order valence-corrected chi connectivity index (χ0v) is 23.9. The van der Waals surface area contributed by atoms with Crippen molar-refractivity contribution >= 4 is 46.6 Å². The highest BCUT2D eigenvalue weighted by molar-refractivity contribution is 6.35. The lowest BCUT2D eigenvalue weighted by molar-refractivity contribution is -0.141. The van der Waals surface area contributed by atoms with Gasteiger partial charge in [-0.15, -0.1) is 0 Å². The van der Waals surface area contributed by atoms with E-state index in [1.54, 1.807) is 23.1 Å². The lowest BCUT2D eigenvalue weighted by atomic mass is 9.73. The van der Waals surface area contributed by atoms with Crippen LogP contribution in [0.25, 0.3) is 0 Å². The summed E-state index contributed by atoms with van der Waals surface area (Å²) >= 11 is 12.2. The second kappa shape index (κ2) is 10.5. The number of ether oxygens (including phenoxy) is 1. The number of halogens is 2. The highest BCUT2D eigenvalue weighted by atomic mass is 35.5. The number of rotatable bonds is 7. The SMILES string of the molecule is CC(C)CCN1C(=O)[C@@H]2C(C(=O)Nc3cc(Cl)cc(Cl)c3)[C@@H]3C=CC2(O3)C1C(=O)NC1CCCC(C)C1C. The average Bonchev–Trinajstić information content (AvgIpc) is 3.47. The molecule has 6 unspecified atom stereocenters. The normalized spacial score (nSPS) is 35.6. The Balaban J connectivity index is 1.44. The molecule has 1 aromatic carbocycles. The first kappa shape index (κ1) is 27.5. The van der Waals surface area contributed by atoms with E-state index >= 15 is 0 Å². The van der Waals surface area contributed by atoms with Crippen LogP contribution in [0.1, 0.15) is 53.4 Å². The summed E-state index contributed by atoms with van der Waals surface area (Å²) in [5, 5.41) is 6.95. The van der Waals surface area contributed by atoms with Gasteiger partial charge in [-0.2, -0.15) is 0 Å². The Morgan fingerprint density at radius 1 is 1.13 bits per heavy atom.